The number of likely N-dealkylation sites (tertiary alicyclic amines) is 1. The molecule has 0 aliphatic carbocycles. The maximum atomic E-state index is 13.9. The van der Waals surface area contributed by atoms with Gasteiger partial charge in [-0.1, -0.05) is 24.3 Å². The van der Waals surface area contributed by atoms with Crippen molar-refractivity contribution in [2.45, 2.75) is 19.1 Å². The van der Waals surface area contributed by atoms with Crippen LogP contribution in [0.25, 0.3) is 10.9 Å². The van der Waals surface area contributed by atoms with Crippen LogP contribution in [0.1, 0.15) is 11.1 Å². The fourth-order valence-electron chi connectivity index (χ4n) is 3.78. The molecule has 1 saturated heterocycles. The Kier molecular flexibility index (Phi) is 4.66. The zero-order chi connectivity index (χ0) is 18.1. The summed E-state index contributed by atoms with van der Waals surface area (Å²) in [5.41, 5.74) is 2.56. The molecule has 0 saturated carbocycles. The summed E-state index contributed by atoms with van der Waals surface area (Å²) in [5, 5.41) is 11.6. The lowest BCUT2D eigenvalue weighted by atomic mass is 9.94. The van der Waals surface area contributed by atoms with Crippen molar-refractivity contribution in [3.63, 3.8) is 0 Å². The van der Waals surface area contributed by atoms with E-state index in [4.69, 9.17) is 0 Å². The van der Waals surface area contributed by atoms with Gasteiger partial charge in [-0.3, -0.25) is 9.88 Å². The van der Waals surface area contributed by atoms with Crippen molar-refractivity contribution in [3.8, 4) is 0 Å². The molecule has 1 aliphatic rings. The second kappa shape index (κ2) is 7.09. The van der Waals surface area contributed by atoms with E-state index in [1.165, 1.54) is 12.1 Å². The maximum absolute atomic E-state index is 13.9. The minimum atomic E-state index is -0.574. The van der Waals surface area contributed by atoms with Crippen LogP contribution < -0.4 is 0 Å². The van der Waals surface area contributed by atoms with Gasteiger partial charge in [0.2, 0.25) is 0 Å². The van der Waals surface area contributed by atoms with Gasteiger partial charge in [-0.25, -0.2) is 8.78 Å². The van der Waals surface area contributed by atoms with Crippen LogP contribution in [0.5, 0.6) is 0 Å². The molecular weight excluding hydrogens is 334 g/mol. The number of halogens is 2. The quantitative estimate of drug-likeness (QED) is 0.778. The smallest absolute Gasteiger partial charge is 0.130 e. The van der Waals surface area contributed by atoms with Crippen LogP contribution in [0.3, 0.4) is 0 Å². The highest BCUT2D eigenvalue weighted by atomic mass is 19.1. The molecule has 2 atom stereocenters. The lowest BCUT2D eigenvalue weighted by molar-refractivity contribution is 0.141. The van der Waals surface area contributed by atoms with Gasteiger partial charge < -0.3 is 5.11 Å². The molecule has 134 valence electrons. The van der Waals surface area contributed by atoms with E-state index in [0.29, 0.717) is 25.2 Å². The Labute approximate surface area is 150 Å². The molecule has 0 radical (unpaired) electrons. The number of aliphatic hydroxyl groups excluding tert-OH is 1. The molecule has 2 aromatic carbocycles. The molecular formula is C21H20F2N2O. The summed E-state index contributed by atoms with van der Waals surface area (Å²) in [6.07, 6.45) is 2.07. The molecule has 26 heavy (non-hydrogen) atoms. The number of hydrogen-bond acceptors (Lipinski definition) is 3. The van der Waals surface area contributed by atoms with Gasteiger partial charge in [-0.15, -0.1) is 0 Å². The number of β-amino-alcohol motifs (C(OH)–C–C–N with tert-alkyl or cyclic N) is 1. The van der Waals surface area contributed by atoms with Crippen LogP contribution in [0, 0.1) is 17.6 Å². The molecule has 1 fully saturated rings. The molecule has 2 heterocycles. The fraction of sp³-hybridized carbons (Fsp3) is 0.286. The third-order valence-electron chi connectivity index (χ3n) is 5.11. The van der Waals surface area contributed by atoms with Crippen LogP contribution in [0.4, 0.5) is 8.78 Å². The van der Waals surface area contributed by atoms with E-state index in [0.717, 1.165) is 29.0 Å². The molecule has 1 N–H and O–H groups in total. The van der Waals surface area contributed by atoms with E-state index in [1.54, 1.807) is 6.20 Å². The van der Waals surface area contributed by atoms with Crippen LogP contribution in [0.2, 0.25) is 0 Å². The van der Waals surface area contributed by atoms with Crippen molar-refractivity contribution in [1.82, 2.24) is 9.88 Å². The number of benzene rings is 2. The van der Waals surface area contributed by atoms with Crippen LogP contribution in [0.15, 0.2) is 54.7 Å². The van der Waals surface area contributed by atoms with Gasteiger partial charge in [0.05, 0.1) is 11.6 Å². The third kappa shape index (κ3) is 3.45. The first-order valence-electron chi connectivity index (χ1n) is 8.77. The summed E-state index contributed by atoms with van der Waals surface area (Å²) in [6, 6.07) is 13.6. The molecule has 0 spiro atoms. The summed E-state index contributed by atoms with van der Waals surface area (Å²) in [4.78, 5) is 6.40. The highest BCUT2D eigenvalue weighted by Crippen LogP contribution is 2.26. The number of hydrogen-bond donors (Lipinski definition) is 1. The van der Waals surface area contributed by atoms with Crippen molar-refractivity contribution in [3.05, 3.63) is 77.5 Å². The predicted octanol–water partition coefficient (Wildman–Crippen LogP) is 3.55. The van der Waals surface area contributed by atoms with E-state index < -0.39 is 17.7 Å². The number of rotatable bonds is 4. The van der Waals surface area contributed by atoms with Gasteiger partial charge in [-0.05, 0) is 30.2 Å². The average molecular weight is 354 g/mol. The molecule has 0 bridgehead atoms. The van der Waals surface area contributed by atoms with Gasteiger partial charge in [0.1, 0.15) is 11.6 Å². The SMILES string of the molecule is O[C@H]1CN(Cc2ccc(F)cc2F)C[C@H]1Cc1ccnc2ccccc12. The van der Waals surface area contributed by atoms with Crippen molar-refractivity contribution < 1.29 is 13.9 Å². The molecule has 3 nitrogen and oxygen atoms in total. The maximum Gasteiger partial charge on any atom is 0.130 e. The lowest BCUT2D eigenvalue weighted by Gasteiger charge is -2.16. The number of nitrogens with zero attached hydrogens (tertiary/aromatic N) is 2. The van der Waals surface area contributed by atoms with Crippen LogP contribution in [-0.4, -0.2) is 34.2 Å². The van der Waals surface area contributed by atoms with Crippen molar-refractivity contribution in [1.29, 1.82) is 0 Å². The second-order valence-corrected chi connectivity index (χ2v) is 6.95. The second-order valence-electron chi connectivity index (χ2n) is 6.95. The van der Waals surface area contributed by atoms with E-state index >= 15 is 0 Å². The summed E-state index contributed by atoms with van der Waals surface area (Å²) < 4.78 is 26.9. The van der Waals surface area contributed by atoms with Gasteiger partial charge in [0, 0.05) is 48.8 Å². The number of pyridine rings is 1. The highest BCUT2D eigenvalue weighted by molar-refractivity contribution is 5.81. The predicted molar refractivity (Wildman–Crippen MR) is 96.6 cm³/mol. The van der Waals surface area contributed by atoms with Gasteiger partial charge in [-0.2, -0.15) is 0 Å². The number of para-hydroxylation sites is 1. The first-order valence-corrected chi connectivity index (χ1v) is 8.77. The Morgan fingerprint density at radius 2 is 1.88 bits per heavy atom. The van der Waals surface area contributed by atoms with Crippen molar-refractivity contribution >= 4 is 10.9 Å². The number of fused-ring (bicyclic) bond motifs is 1. The van der Waals surface area contributed by atoms with Gasteiger partial charge >= 0.3 is 0 Å². The van der Waals surface area contributed by atoms with Gasteiger partial charge in [0.25, 0.3) is 0 Å². The third-order valence-corrected chi connectivity index (χ3v) is 5.11. The first-order chi connectivity index (χ1) is 12.6. The molecule has 3 aromatic rings. The Bertz CT molecular complexity index is 926. The Morgan fingerprint density at radius 3 is 2.73 bits per heavy atom. The van der Waals surface area contributed by atoms with Crippen molar-refractivity contribution in [2.75, 3.05) is 13.1 Å². The highest BCUT2D eigenvalue weighted by Gasteiger charge is 2.32. The molecule has 0 unspecified atom stereocenters. The zero-order valence-electron chi connectivity index (χ0n) is 14.3. The summed E-state index contributed by atoms with van der Waals surface area (Å²) in [7, 11) is 0. The largest absolute Gasteiger partial charge is 0.391 e. The first kappa shape index (κ1) is 17.1. The van der Waals surface area contributed by atoms with Gasteiger partial charge in [0.15, 0.2) is 0 Å². The molecule has 4 rings (SSSR count). The molecule has 1 aromatic heterocycles. The molecule has 5 heteroatoms. The minimum Gasteiger partial charge on any atom is -0.391 e. The topological polar surface area (TPSA) is 36.4 Å². The minimum absolute atomic E-state index is 0.0734. The Hall–Kier alpha value is -2.37. The Morgan fingerprint density at radius 1 is 1.04 bits per heavy atom. The normalized spacial score (nSPS) is 20.7. The monoisotopic (exact) mass is 354 g/mol. The summed E-state index contributed by atoms with van der Waals surface area (Å²) >= 11 is 0. The van der Waals surface area contributed by atoms with Crippen molar-refractivity contribution in [2.24, 2.45) is 5.92 Å². The fourth-order valence-corrected chi connectivity index (χ4v) is 3.78. The number of aliphatic hydroxyl groups is 1. The zero-order valence-corrected chi connectivity index (χ0v) is 14.3. The molecule has 0 amide bonds. The van der Waals surface area contributed by atoms with E-state index in [9.17, 15) is 13.9 Å². The summed E-state index contributed by atoms with van der Waals surface area (Å²) in [6.45, 7) is 1.54. The summed E-state index contributed by atoms with van der Waals surface area (Å²) in [5.74, 6) is -1.04. The van der Waals surface area contributed by atoms with E-state index in [2.05, 4.69) is 4.98 Å². The van der Waals surface area contributed by atoms with Crippen LogP contribution in [-0.2, 0) is 13.0 Å². The number of aromatic nitrogens is 1. The Balaban J connectivity index is 1.48. The van der Waals surface area contributed by atoms with E-state index in [-0.39, 0.29) is 5.92 Å². The average Bonchev–Trinajstić information content (AvgIpc) is 2.97. The molecule has 1 aliphatic heterocycles. The van der Waals surface area contributed by atoms with Crippen LogP contribution >= 0.6 is 0 Å². The lowest BCUT2D eigenvalue weighted by Crippen LogP contribution is -2.22. The van der Waals surface area contributed by atoms with E-state index in [1.807, 2.05) is 35.2 Å². The standard InChI is InChI=1S/C21H20F2N2O/c22-17-6-5-15(19(23)10-17)11-25-12-16(21(26)13-25)9-14-7-8-24-20-4-2-1-3-18(14)20/h1-8,10,16,21,26H,9,11-13H2/t16-,21+/m1/s1.